The van der Waals surface area contributed by atoms with E-state index in [1.54, 1.807) is 18.5 Å². The second-order valence-electron chi connectivity index (χ2n) is 7.28. The number of aromatic nitrogens is 1. The summed E-state index contributed by atoms with van der Waals surface area (Å²) in [6, 6.07) is 26.9. The highest BCUT2D eigenvalue weighted by atomic mass is 16.5. The number of para-hydroxylation sites is 1. The SMILES string of the molecule is CC=CC(=O)NCc1cccc(-c2cnccc2Oc2ccc(Oc3ccccc3)cc2)c1. The Morgan fingerprint density at radius 2 is 1.61 bits per heavy atom. The molecule has 4 aromatic rings. The van der Waals surface area contributed by atoms with E-state index >= 15 is 0 Å². The molecule has 0 unspecified atom stereocenters. The fraction of sp³-hybridized carbons (Fsp3) is 0.0714. The molecule has 1 N–H and O–H groups in total. The molecule has 33 heavy (non-hydrogen) atoms. The fourth-order valence-electron chi connectivity index (χ4n) is 3.26. The van der Waals surface area contributed by atoms with Crippen LogP contribution in [0.5, 0.6) is 23.0 Å². The lowest BCUT2D eigenvalue weighted by Crippen LogP contribution is -2.20. The van der Waals surface area contributed by atoms with Crippen molar-refractivity contribution in [3.8, 4) is 34.1 Å². The molecule has 1 heterocycles. The van der Waals surface area contributed by atoms with E-state index in [1.165, 1.54) is 6.08 Å². The van der Waals surface area contributed by atoms with Gasteiger partial charge < -0.3 is 14.8 Å². The summed E-state index contributed by atoms with van der Waals surface area (Å²) < 4.78 is 12.0. The number of benzene rings is 3. The third-order valence-electron chi connectivity index (χ3n) is 4.83. The molecule has 5 heteroatoms. The smallest absolute Gasteiger partial charge is 0.243 e. The van der Waals surface area contributed by atoms with Gasteiger partial charge in [0.1, 0.15) is 23.0 Å². The van der Waals surface area contributed by atoms with Gasteiger partial charge in [0.2, 0.25) is 5.91 Å². The van der Waals surface area contributed by atoms with Crippen molar-refractivity contribution in [2.24, 2.45) is 0 Å². The van der Waals surface area contributed by atoms with Gasteiger partial charge in [0.15, 0.2) is 0 Å². The standard InChI is InChI=1S/C28H24N2O3/c1-2-7-28(31)30-19-21-8-6-9-22(18-21)26-20-29-17-16-27(26)33-25-14-12-24(13-15-25)32-23-10-4-3-5-11-23/h2-18,20H,19H2,1H3,(H,30,31). The van der Waals surface area contributed by atoms with Gasteiger partial charge in [-0.05, 0) is 72.7 Å². The van der Waals surface area contributed by atoms with Crippen molar-refractivity contribution in [1.29, 1.82) is 0 Å². The Morgan fingerprint density at radius 1 is 0.879 bits per heavy atom. The summed E-state index contributed by atoms with van der Waals surface area (Å²) in [6.07, 6.45) is 6.70. The van der Waals surface area contributed by atoms with Crippen LogP contribution in [0, 0.1) is 0 Å². The summed E-state index contributed by atoms with van der Waals surface area (Å²) in [4.78, 5) is 16.0. The molecule has 0 aliphatic heterocycles. The van der Waals surface area contributed by atoms with Crippen molar-refractivity contribution in [3.63, 3.8) is 0 Å². The summed E-state index contributed by atoms with van der Waals surface area (Å²) in [5.41, 5.74) is 2.81. The number of ether oxygens (including phenoxy) is 2. The number of rotatable bonds is 8. The molecule has 0 spiro atoms. The van der Waals surface area contributed by atoms with E-state index in [0.29, 0.717) is 18.0 Å². The van der Waals surface area contributed by atoms with Gasteiger partial charge in [-0.1, -0.05) is 42.5 Å². The first kappa shape index (κ1) is 21.8. The van der Waals surface area contributed by atoms with Crippen LogP contribution < -0.4 is 14.8 Å². The van der Waals surface area contributed by atoms with Crippen LogP contribution in [-0.2, 0) is 11.3 Å². The number of allylic oxidation sites excluding steroid dienone is 1. The summed E-state index contributed by atoms with van der Waals surface area (Å²) in [6.45, 7) is 2.25. The third kappa shape index (κ3) is 6.08. The zero-order valence-corrected chi connectivity index (χ0v) is 18.3. The van der Waals surface area contributed by atoms with Crippen LogP contribution in [0.25, 0.3) is 11.1 Å². The van der Waals surface area contributed by atoms with E-state index in [1.807, 2.05) is 91.9 Å². The average Bonchev–Trinajstić information content (AvgIpc) is 2.85. The van der Waals surface area contributed by atoms with Gasteiger partial charge in [-0.3, -0.25) is 9.78 Å². The van der Waals surface area contributed by atoms with Crippen LogP contribution in [0.2, 0.25) is 0 Å². The van der Waals surface area contributed by atoms with Crippen molar-refractivity contribution in [2.75, 3.05) is 0 Å². The quantitative estimate of drug-likeness (QED) is 0.319. The van der Waals surface area contributed by atoms with E-state index in [0.717, 1.165) is 28.2 Å². The average molecular weight is 437 g/mol. The first-order valence-corrected chi connectivity index (χ1v) is 10.7. The molecule has 0 bridgehead atoms. The fourth-order valence-corrected chi connectivity index (χ4v) is 3.26. The number of nitrogens with zero attached hydrogens (tertiary/aromatic N) is 1. The molecule has 5 nitrogen and oxygen atoms in total. The molecule has 0 aliphatic rings. The molecular formula is C28H24N2O3. The lowest BCUT2D eigenvalue weighted by molar-refractivity contribution is -0.116. The largest absolute Gasteiger partial charge is 0.457 e. The molecule has 4 rings (SSSR count). The van der Waals surface area contributed by atoms with E-state index in [2.05, 4.69) is 10.3 Å². The molecular weight excluding hydrogens is 412 g/mol. The summed E-state index contributed by atoms with van der Waals surface area (Å²) >= 11 is 0. The Morgan fingerprint density at radius 3 is 2.36 bits per heavy atom. The number of nitrogens with one attached hydrogen (secondary N) is 1. The summed E-state index contributed by atoms with van der Waals surface area (Å²) in [5.74, 6) is 2.78. The zero-order valence-electron chi connectivity index (χ0n) is 18.3. The van der Waals surface area contributed by atoms with Crippen molar-refractivity contribution < 1.29 is 14.3 Å². The van der Waals surface area contributed by atoms with Gasteiger partial charge in [-0.25, -0.2) is 0 Å². The first-order chi connectivity index (χ1) is 16.2. The topological polar surface area (TPSA) is 60.5 Å². The Balaban J connectivity index is 1.49. The minimum Gasteiger partial charge on any atom is -0.457 e. The number of carbonyl (C=O) groups is 1. The molecule has 0 atom stereocenters. The maximum absolute atomic E-state index is 11.7. The molecule has 1 aromatic heterocycles. The molecule has 0 saturated carbocycles. The Kier molecular flexibility index (Phi) is 7.13. The van der Waals surface area contributed by atoms with Gasteiger partial charge in [-0.2, -0.15) is 0 Å². The maximum atomic E-state index is 11.7. The van der Waals surface area contributed by atoms with E-state index in [4.69, 9.17) is 9.47 Å². The number of hydrogen-bond donors (Lipinski definition) is 1. The number of amides is 1. The normalized spacial score (nSPS) is 10.7. The zero-order chi connectivity index (χ0) is 22.9. The first-order valence-electron chi connectivity index (χ1n) is 10.7. The van der Waals surface area contributed by atoms with Crippen LogP contribution in [0.1, 0.15) is 12.5 Å². The monoisotopic (exact) mass is 436 g/mol. The Bertz CT molecular complexity index is 1240. The molecule has 0 saturated heterocycles. The predicted molar refractivity (Wildman–Crippen MR) is 129 cm³/mol. The van der Waals surface area contributed by atoms with Gasteiger partial charge in [0, 0.05) is 24.5 Å². The van der Waals surface area contributed by atoms with Crippen molar-refractivity contribution in [2.45, 2.75) is 13.5 Å². The lowest BCUT2D eigenvalue weighted by atomic mass is 10.0. The molecule has 0 aliphatic carbocycles. The van der Waals surface area contributed by atoms with Crippen molar-refractivity contribution >= 4 is 5.91 Å². The number of pyridine rings is 1. The third-order valence-corrected chi connectivity index (χ3v) is 4.83. The van der Waals surface area contributed by atoms with Crippen LogP contribution >= 0.6 is 0 Å². The second-order valence-corrected chi connectivity index (χ2v) is 7.28. The summed E-state index contributed by atoms with van der Waals surface area (Å²) in [5, 5.41) is 2.87. The van der Waals surface area contributed by atoms with Crippen LogP contribution in [0.4, 0.5) is 0 Å². The molecule has 0 fully saturated rings. The Hall–Kier alpha value is -4.38. The van der Waals surface area contributed by atoms with E-state index < -0.39 is 0 Å². The molecule has 0 radical (unpaired) electrons. The number of carbonyl (C=O) groups excluding carboxylic acids is 1. The predicted octanol–water partition coefficient (Wildman–Crippen LogP) is 6.53. The maximum Gasteiger partial charge on any atom is 0.243 e. The van der Waals surface area contributed by atoms with Crippen LogP contribution in [0.15, 0.2) is 109 Å². The highest BCUT2D eigenvalue weighted by Crippen LogP contribution is 2.34. The molecule has 3 aromatic carbocycles. The molecule has 164 valence electrons. The van der Waals surface area contributed by atoms with Gasteiger partial charge in [0.05, 0.1) is 0 Å². The number of hydrogen-bond acceptors (Lipinski definition) is 4. The van der Waals surface area contributed by atoms with Crippen molar-refractivity contribution in [1.82, 2.24) is 10.3 Å². The van der Waals surface area contributed by atoms with Gasteiger partial charge in [-0.15, -0.1) is 0 Å². The lowest BCUT2D eigenvalue weighted by Gasteiger charge is -2.13. The highest BCUT2D eigenvalue weighted by Gasteiger charge is 2.09. The van der Waals surface area contributed by atoms with Crippen LogP contribution in [-0.4, -0.2) is 10.9 Å². The Labute approximate surface area is 193 Å². The minimum absolute atomic E-state index is 0.118. The second kappa shape index (κ2) is 10.8. The summed E-state index contributed by atoms with van der Waals surface area (Å²) in [7, 11) is 0. The van der Waals surface area contributed by atoms with Crippen LogP contribution in [0.3, 0.4) is 0 Å². The highest BCUT2D eigenvalue weighted by molar-refractivity contribution is 5.87. The van der Waals surface area contributed by atoms with Gasteiger partial charge >= 0.3 is 0 Å². The van der Waals surface area contributed by atoms with E-state index in [9.17, 15) is 4.79 Å². The van der Waals surface area contributed by atoms with Crippen molar-refractivity contribution in [3.05, 3.63) is 115 Å². The minimum atomic E-state index is -0.118. The van der Waals surface area contributed by atoms with E-state index in [-0.39, 0.29) is 5.91 Å². The molecule has 1 amide bonds. The van der Waals surface area contributed by atoms with Gasteiger partial charge in [0.25, 0.3) is 0 Å².